The Kier molecular flexibility index (Phi) is 8.32. The van der Waals surface area contributed by atoms with Gasteiger partial charge in [-0.15, -0.1) is 0 Å². The highest BCUT2D eigenvalue weighted by atomic mass is 16.5. The summed E-state index contributed by atoms with van der Waals surface area (Å²) in [6.45, 7) is 6.90. The van der Waals surface area contributed by atoms with Crippen molar-refractivity contribution in [1.82, 2.24) is 10.2 Å². The zero-order valence-electron chi connectivity index (χ0n) is 16.4. The van der Waals surface area contributed by atoms with Gasteiger partial charge in [0.25, 0.3) is 0 Å². The van der Waals surface area contributed by atoms with Gasteiger partial charge in [0, 0.05) is 39.1 Å². The van der Waals surface area contributed by atoms with Gasteiger partial charge in [0.15, 0.2) is 0 Å². The van der Waals surface area contributed by atoms with E-state index in [9.17, 15) is 0 Å². The van der Waals surface area contributed by atoms with Crippen molar-refractivity contribution in [3.63, 3.8) is 0 Å². The van der Waals surface area contributed by atoms with Gasteiger partial charge in [0.1, 0.15) is 5.75 Å². The lowest BCUT2D eigenvalue weighted by Crippen LogP contribution is -2.35. The standard InChI is InChI=1S/C23H29N3O2/c24-9-1-2-12-28-23-8-4-6-21(16-23)18-25-17-20-5-3-7-22(15-20)19-26-10-13-27-14-11-26/h3-8,15-16,25H,1-2,10-14,17-19H2. The van der Waals surface area contributed by atoms with Crippen LogP contribution in [0.1, 0.15) is 29.5 Å². The van der Waals surface area contributed by atoms with Crippen LogP contribution in [0.15, 0.2) is 48.5 Å². The van der Waals surface area contributed by atoms with Crippen LogP contribution in [0.2, 0.25) is 0 Å². The van der Waals surface area contributed by atoms with Gasteiger partial charge < -0.3 is 14.8 Å². The lowest BCUT2D eigenvalue weighted by molar-refractivity contribution is 0.0342. The molecule has 0 spiro atoms. The summed E-state index contributed by atoms with van der Waals surface area (Å²) in [6.07, 6.45) is 1.30. The zero-order chi connectivity index (χ0) is 19.4. The molecule has 0 aromatic heterocycles. The van der Waals surface area contributed by atoms with Crippen LogP contribution in [0.3, 0.4) is 0 Å². The predicted molar refractivity (Wildman–Crippen MR) is 110 cm³/mol. The van der Waals surface area contributed by atoms with E-state index in [1.807, 2.05) is 12.1 Å². The smallest absolute Gasteiger partial charge is 0.119 e. The number of benzene rings is 2. The van der Waals surface area contributed by atoms with E-state index in [4.69, 9.17) is 14.7 Å². The number of ether oxygens (including phenoxy) is 2. The molecule has 1 saturated heterocycles. The molecule has 5 heteroatoms. The topological polar surface area (TPSA) is 57.5 Å². The number of hydrogen-bond acceptors (Lipinski definition) is 5. The molecule has 28 heavy (non-hydrogen) atoms. The summed E-state index contributed by atoms with van der Waals surface area (Å²) in [5.41, 5.74) is 3.85. The molecule has 1 fully saturated rings. The molecule has 0 atom stereocenters. The average molecular weight is 380 g/mol. The molecule has 3 rings (SSSR count). The maximum atomic E-state index is 8.58. The number of morpholine rings is 1. The first kappa shape index (κ1) is 20.3. The third-order valence-corrected chi connectivity index (χ3v) is 4.76. The molecule has 148 valence electrons. The molecule has 0 aliphatic carbocycles. The number of rotatable bonds is 10. The van der Waals surface area contributed by atoms with E-state index in [-0.39, 0.29) is 0 Å². The van der Waals surface area contributed by atoms with E-state index >= 15 is 0 Å². The van der Waals surface area contributed by atoms with Crippen molar-refractivity contribution in [3.8, 4) is 11.8 Å². The van der Waals surface area contributed by atoms with E-state index in [0.29, 0.717) is 13.0 Å². The van der Waals surface area contributed by atoms with Gasteiger partial charge >= 0.3 is 0 Å². The van der Waals surface area contributed by atoms with Crippen LogP contribution in [0.4, 0.5) is 0 Å². The number of nitrogens with one attached hydrogen (secondary N) is 1. The predicted octanol–water partition coefficient (Wildman–Crippen LogP) is 3.49. The highest BCUT2D eigenvalue weighted by molar-refractivity contribution is 5.29. The van der Waals surface area contributed by atoms with Gasteiger partial charge in [0.2, 0.25) is 0 Å². The Bertz CT molecular complexity index is 766. The Balaban J connectivity index is 1.44. The maximum absolute atomic E-state index is 8.58. The Morgan fingerprint density at radius 2 is 1.71 bits per heavy atom. The molecule has 1 aliphatic heterocycles. The first-order valence-corrected chi connectivity index (χ1v) is 10.0. The van der Waals surface area contributed by atoms with Gasteiger partial charge in [-0.3, -0.25) is 4.90 Å². The maximum Gasteiger partial charge on any atom is 0.119 e. The van der Waals surface area contributed by atoms with Gasteiger partial charge in [-0.1, -0.05) is 36.4 Å². The minimum Gasteiger partial charge on any atom is -0.494 e. The second-order valence-electron chi connectivity index (χ2n) is 7.07. The minimum absolute atomic E-state index is 0.534. The van der Waals surface area contributed by atoms with E-state index in [2.05, 4.69) is 52.7 Å². The Hall–Kier alpha value is -2.39. The number of nitrogens with zero attached hydrogens (tertiary/aromatic N) is 2. The van der Waals surface area contributed by atoms with Gasteiger partial charge in [-0.2, -0.15) is 5.26 Å². The SMILES string of the molecule is N#CCCCOc1cccc(CNCc2cccc(CN3CCOCC3)c2)c1. The minimum atomic E-state index is 0.534. The van der Waals surface area contributed by atoms with E-state index in [0.717, 1.165) is 58.1 Å². The number of unbranched alkanes of at least 4 members (excludes halogenated alkanes) is 1. The Morgan fingerprint density at radius 1 is 1.00 bits per heavy atom. The van der Waals surface area contributed by atoms with Crippen LogP contribution in [0, 0.1) is 11.3 Å². The molecule has 1 aliphatic rings. The Morgan fingerprint density at radius 3 is 2.50 bits per heavy atom. The highest BCUT2D eigenvalue weighted by Gasteiger charge is 2.10. The number of nitriles is 1. The number of hydrogen-bond donors (Lipinski definition) is 1. The van der Waals surface area contributed by atoms with Crippen LogP contribution in [-0.4, -0.2) is 37.8 Å². The molecule has 0 amide bonds. The van der Waals surface area contributed by atoms with Crippen LogP contribution in [0.25, 0.3) is 0 Å². The summed E-state index contributed by atoms with van der Waals surface area (Å²) >= 11 is 0. The first-order valence-electron chi connectivity index (χ1n) is 10.0. The average Bonchev–Trinajstić information content (AvgIpc) is 2.73. The van der Waals surface area contributed by atoms with Crippen molar-refractivity contribution in [2.45, 2.75) is 32.5 Å². The summed E-state index contributed by atoms with van der Waals surface area (Å²) in [4.78, 5) is 2.44. The molecule has 2 aromatic carbocycles. The molecule has 0 bridgehead atoms. The third kappa shape index (κ3) is 6.97. The van der Waals surface area contributed by atoms with Gasteiger partial charge in [0.05, 0.1) is 25.9 Å². The van der Waals surface area contributed by atoms with Gasteiger partial charge in [-0.25, -0.2) is 0 Å². The quantitative estimate of drug-likeness (QED) is 0.641. The summed E-state index contributed by atoms with van der Waals surface area (Å²) in [7, 11) is 0. The van der Waals surface area contributed by atoms with Crippen LogP contribution >= 0.6 is 0 Å². The summed E-state index contributed by atoms with van der Waals surface area (Å²) < 4.78 is 11.1. The van der Waals surface area contributed by atoms with Crippen molar-refractivity contribution >= 4 is 0 Å². The molecule has 1 N–H and O–H groups in total. The van der Waals surface area contributed by atoms with Crippen LogP contribution in [-0.2, 0) is 24.4 Å². The van der Waals surface area contributed by atoms with Crippen molar-refractivity contribution in [2.24, 2.45) is 0 Å². The largest absolute Gasteiger partial charge is 0.494 e. The van der Waals surface area contributed by atoms with E-state index in [1.165, 1.54) is 16.7 Å². The molecule has 2 aromatic rings. The van der Waals surface area contributed by atoms with E-state index < -0.39 is 0 Å². The van der Waals surface area contributed by atoms with E-state index in [1.54, 1.807) is 0 Å². The second kappa shape index (κ2) is 11.5. The fourth-order valence-corrected chi connectivity index (χ4v) is 3.29. The second-order valence-corrected chi connectivity index (χ2v) is 7.07. The lowest BCUT2D eigenvalue weighted by Gasteiger charge is -2.26. The summed E-state index contributed by atoms with van der Waals surface area (Å²) in [6, 6.07) is 19.1. The van der Waals surface area contributed by atoms with Crippen LogP contribution < -0.4 is 10.1 Å². The monoisotopic (exact) mass is 379 g/mol. The zero-order valence-corrected chi connectivity index (χ0v) is 16.4. The molecule has 0 unspecified atom stereocenters. The molecule has 0 radical (unpaired) electrons. The normalized spacial score (nSPS) is 14.5. The fourth-order valence-electron chi connectivity index (χ4n) is 3.29. The summed E-state index contributed by atoms with van der Waals surface area (Å²) in [5, 5.41) is 12.1. The summed E-state index contributed by atoms with van der Waals surface area (Å²) in [5.74, 6) is 0.866. The van der Waals surface area contributed by atoms with Crippen molar-refractivity contribution in [1.29, 1.82) is 5.26 Å². The van der Waals surface area contributed by atoms with Gasteiger partial charge in [-0.05, 0) is 35.2 Å². The third-order valence-electron chi connectivity index (χ3n) is 4.76. The Labute approximate surface area is 167 Å². The highest BCUT2D eigenvalue weighted by Crippen LogP contribution is 2.14. The van der Waals surface area contributed by atoms with Crippen molar-refractivity contribution in [3.05, 3.63) is 65.2 Å². The molecule has 5 nitrogen and oxygen atoms in total. The van der Waals surface area contributed by atoms with Crippen molar-refractivity contribution in [2.75, 3.05) is 32.9 Å². The molecular formula is C23H29N3O2. The lowest BCUT2D eigenvalue weighted by atomic mass is 10.1. The first-order chi connectivity index (χ1) is 13.8. The fraction of sp³-hybridized carbons (Fsp3) is 0.435. The molecule has 1 heterocycles. The van der Waals surface area contributed by atoms with Crippen LogP contribution in [0.5, 0.6) is 5.75 Å². The molecule has 0 saturated carbocycles. The van der Waals surface area contributed by atoms with Crippen molar-refractivity contribution < 1.29 is 9.47 Å². The molecular weight excluding hydrogens is 350 g/mol.